The smallest absolute Gasteiger partial charge is 0.338 e. The third-order valence-corrected chi connectivity index (χ3v) is 5.94. The number of piperidine rings is 1. The van der Waals surface area contributed by atoms with E-state index >= 15 is 0 Å². The Morgan fingerprint density at radius 1 is 0.958 bits per heavy atom. The number of hydrogen-bond acceptors (Lipinski definition) is 3. The molecule has 24 heavy (non-hydrogen) atoms. The van der Waals surface area contributed by atoms with Crippen LogP contribution < -0.4 is 0 Å². The number of halogens is 3. The first-order chi connectivity index (χ1) is 11.3. The van der Waals surface area contributed by atoms with Crippen molar-refractivity contribution in [2.45, 2.75) is 56.8 Å². The van der Waals surface area contributed by atoms with Crippen LogP contribution in [0.3, 0.4) is 0 Å². The molecule has 0 saturated carbocycles. The van der Waals surface area contributed by atoms with E-state index in [0.29, 0.717) is 38.0 Å². The minimum Gasteiger partial charge on any atom is -0.338 e. The van der Waals surface area contributed by atoms with Gasteiger partial charge in [-0.05, 0) is 65.2 Å². The number of alkyl halides is 3. The van der Waals surface area contributed by atoms with Gasteiger partial charge in [0.2, 0.25) is 5.91 Å². The van der Waals surface area contributed by atoms with Crippen molar-refractivity contribution in [2.75, 3.05) is 39.8 Å². The molecule has 3 saturated heterocycles. The first kappa shape index (κ1) is 18.0. The van der Waals surface area contributed by atoms with Gasteiger partial charge in [-0.25, -0.2) is 0 Å². The van der Waals surface area contributed by atoms with E-state index in [2.05, 4.69) is 16.8 Å². The highest BCUT2D eigenvalue weighted by Crippen LogP contribution is 2.32. The molecule has 4 nitrogen and oxygen atoms in total. The van der Waals surface area contributed by atoms with Crippen LogP contribution >= 0.6 is 0 Å². The largest absolute Gasteiger partial charge is 0.401 e. The predicted molar refractivity (Wildman–Crippen MR) is 85.6 cm³/mol. The van der Waals surface area contributed by atoms with Crippen LogP contribution in [-0.2, 0) is 4.79 Å². The molecule has 0 bridgehead atoms. The number of carbonyl (C=O) groups is 1. The maximum absolute atomic E-state index is 12.9. The highest BCUT2D eigenvalue weighted by Gasteiger charge is 2.41. The van der Waals surface area contributed by atoms with Gasteiger partial charge < -0.3 is 9.80 Å². The van der Waals surface area contributed by atoms with Gasteiger partial charge in [0.15, 0.2) is 0 Å². The summed E-state index contributed by atoms with van der Waals surface area (Å²) < 4.78 is 37.4. The average molecular weight is 347 g/mol. The Morgan fingerprint density at radius 3 is 2.17 bits per heavy atom. The number of carbonyl (C=O) groups excluding carboxylic acids is 1. The van der Waals surface area contributed by atoms with Gasteiger partial charge in [-0.1, -0.05) is 0 Å². The van der Waals surface area contributed by atoms with Gasteiger partial charge in [-0.2, -0.15) is 13.2 Å². The SMILES string of the molecule is CN1CCCC1C1CCCN1C(=O)C1CCN(CC(F)(F)F)CC1. The minimum absolute atomic E-state index is 0.0956. The second-order valence-corrected chi connectivity index (χ2v) is 7.60. The number of likely N-dealkylation sites (tertiary alicyclic amines) is 3. The summed E-state index contributed by atoms with van der Waals surface area (Å²) in [7, 11) is 2.13. The Bertz CT molecular complexity index is 449. The van der Waals surface area contributed by atoms with E-state index in [1.807, 2.05) is 0 Å². The molecule has 3 fully saturated rings. The van der Waals surface area contributed by atoms with Crippen LogP contribution in [0.4, 0.5) is 13.2 Å². The van der Waals surface area contributed by atoms with Crippen LogP contribution in [0.1, 0.15) is 38.5 Å². The van der Waals surface area contributed by atoms with Gasteiger partial charge in [0.05, 0.1) is 6.54 Å². The van der Waals surface area contributed by atoms with Crippen LogP contribution in [0.25, 0.3) is 0 Å². The molecule has 138 valence electrons. The van der Waals surface area contributed by atoms with Crippen molar-refractivity contribution in [3.63, 3.8) is 0 Å². The summed E-state index contributed by atoms with van der Waals surface area (Å²) in [6.45, 7) is 1.80. The van der Waals surface area contributed by atoms with Crippen molar-refractivity contribution in [1.82, 2.24) is 14.7 Å². The van der Waals surface area contributed by atoms with Crippen LogP contribution in [0.5, 0.6) is 0 Å². The number of hydrogen-bond donors (Lipinski definition) is 0. The topological polar surface area (TPSA) is 26.8 Å². The predicted octanol–water partition coefficient (Wildman–Crippen LogP) is 2.35. The quantitative estimate of drug-likeness (QED) is 0.784. The molecule has 7 heteroatoms. The van der Waals surface area contributed by atoms with E-state index in [1.165, 1.54) is 11.3 Å². The van der Waals surface area contributed by atoms with Gasteiger partial charge in [-0.3, -0.25) is 9.69 Å². The maximum atomic E-state index is 12.9. The summed E-state index contributed by atoms with van der Waals surface area (Å²) >= 11 is 0. The van der Waals surface area contributed by atoms with E-state index in [9.17, 15) is 18.0 Å². The second kappa shape index (κ2) is 7.20. The zero-order chi connectivity index (χ0) is 17.3. The molecule has 3 heterocycles. The number of rotatable bonds is 3. The Balaban J connectivity index is 1.55. The number of likely N-dealkylation sites (N-methyl/N-ethyl adjacent to an activating group) is 1. The molecule has 0 aliphatic carbocycles. The molecular weight excluding hydrogens is 319 g/mol. The van der Waals surface area contributed by atoms with E-state index in [1.54, 1.807) is 0 Å². The fourth-order valence-electron chi connectivity index (χ4n) is 4.71. The molecule has 0 aromatic carbocycles. The summed E-state index contributed by atoms with van der Waals surface area (Å²) in [5.74, 6) is 0.0891. The molecule has 3 aliphatic rings. The third-order valence-electron chi connectivity index (χ3n) is 5.94. The molecule has 0 aromatic rings. The van der Waals surface area contributed by atoms with E-state index in [4.69, 9.17) is 0 Å². The average Bonchev–Trinajstić information content (AvgIpc) is 3.14. The monoisotopic (exact) mass is 347 g/mol. The molecule has 1 amide bonds. The van der Waals surface area contributed by atoms with Crippen molar-refractivity contribution >= 4 is 5.91 Å². The van der Waals surface area contributed by atoms with Crippen molar-refractivity contribution < 1.29 is 18.0 Å². The third kappa shape index (κ3) is 4.04. The van der Waals surface area contributed by atoms with Gasteiger partial charge in [0.25, 0.3) is 0 Å². The first-order valence-electron chi connectivity index (χ1n) is 9.15. The highest BCUT2D eigenvalue weighted by molar-refractivity contribution is 5.79. The van der Waals surface area contributed by atoms with Crippen molar-refractivity contribution in [1.29, 1.82) is 0 Å². The van der Waals surface area contributed by atoms with Gasteiger partial charge in [0, 0.05) is 24.5 Å². The van der Waals surface area contributed by atoms with Gasteiger partial charge in [0.1, 0.15) is 0 Å². The zero-order valence-corrected chi connectivity index (χ0v) is 14.4. The molecule has 0 radical (unpaired) electrons. The van der Waals surface area contributed by atoms with Gasteiger partial charge in [-0.15, -0.1) is 0 Å². The zero-order valence-electron chi connectivity index (χ0n) is 14.4. The summed E-state index contributed by atoms with van der Waals surface area (Å²) in [5, 5.41) is 0. The van der Waals surface area contributed by atoms with E-state index in [0.717, 1.165) is 32.4 Å². The maximum Gasteiger partial charge on any atom is 0.401 e. The lowest BCUT2D eigenvalue weighted by atomic mass is 9.94. The fourth-order valence-corrected chi connectivity index (χ4v) is 4.71. The van der Waals surface area contributed by atoms with Gasteiger partial charge >= 0.3 is 6.18 Å². The first-order valence-corrected chi connectivity index (χ1v) is 9.15. The van der Waals surface area contributed by atoms with Crippen LogP contribution in [-0.4, -0.2) is 78.6 Å². The molecule has 2 unspecified atom stereocenters. The second-order valence-electron chi connectivity index (χ2n) is 7.60. The summed E-state index contributed by atoms with van der Waals surface area (Å²) in [4.78, 5) is 18.8. The standard InChI is InChI=1S/C17H28F3N3O/c1-21-8-2-4-14(21)15-5-3-9-23(15)16(24)13-6-10-22(11-7-13)12-17(18,19)20/h13-15H,2-12H2,1H3. The lowest BCUT2D eigenvalue weighted by Crippen LogP contribution is -2.50. The molecular formula is C17H28F3N3O. The normalized spacial score (nSPS) is 31.1. The molecule has 3 aliphatic heterocycles. The molecule has 0 spiro atoms. The molecule has 0 aromatic heterocycles. The van der Waals surface area contributed by atoms with Crippen molar-refractivity contribution in [3.8, 4) is 0 Å². The number of amides is 1. The minimum atomic E-state index is -4.15. The van der Waals surface area contributed by atoms with Crippen LogP contribution in [0, 0.1) is 5.92 Å². The van der Waals surface area contributed by atoms with Crippen LogP contribution in [0.15, 0.2) is 0 Å². The number of nitrogens with zero attached hydrogens (tertiary/aromatic N) is 3. The summed E-state index contributed by atoms with van der Waals surface area (Å²) in [6.07, 6.45) is 1.41. The summed E-state index contributed by atoms with van der Waals surface area (Å²) in [6, 6.07) is 0.764. The Hall–Kier alpha value is -0.820. The summed E-state index contributed by atoms with van der Waals surface area (Å²) in [5.41, 5.74) is 0. The molecule has 2 atom stereocenters. The van der Waals surface area contributed by atoms with Crippen molar-refractivity contribution in [3.05, 3.63) is 0 Å². The van der Waals surface area contributed by atoms with E-state index in [-0.39, 0.29) is 11.8 Å². The van der Waals surface area contributed by atoms with Crippen molar-refractivity contribution in [2.24, 2.45) is 5.92 Å². The molecule has 0 N–H and O–H groups in total. The lowest BCUT2D eigenvalue weighted by Gasteiger charge is -2.37. The van der Waals surface area contributed by atoms with Crippen LogP contribution in [0.2, 0.25) is 0 Å². The molecule has 3 rings (SSSR count). The Labute approximate surface area is 141 Å². The van der Waals surface area contributed by atoms with E-state index < -0.39 is 12.7 Å². The highest BCUT2D eigenvalue weighted by atomic mass is 19.4. The lowest BCUT2D eigenvalue weighted by molar-refractivity contribution is -0.151. The Morgan fingerprint density at radius 2 is 1.58 bits per heavy atom. The fraction of sp³-hybridized carbons (Fsp3) is 0.941. The Kier molecular flexibility index (Phi) is 5.39.